The molecule has 6 heteroatoms. The molecule has 156 valence electrons. The first-order chi connectivity index (χ1) is 15.2. The largest absolute Gasteiger partial charge is 0.346 e. The van der Waals surface area contributed by atoms with Crippen LogP contribution in [0.4, 0.5) is 0 Å². The van der Waals surface area contributed by atoms with Crippen LogP contribution >= 0.6 is 0 Å². The minimum absolute atomic E-state index is 0.0529. The van der Waals surface area contributed by atoms with Crippen molar-refractivity contribution in [3.63, 3.8) is 0 Å². The summed E-state index contributed by atoms with van der Waals surface area (Å²) in [6.45, 7) is 2.76. The maximum absolute atomic E-state index is 13.9. The molecule has 0 unspecified atom stereocenters. The van der Waals surface area contributed by atoms with Crippen LogP contribution in [0.2, 0.25) is 0 Å². The maximum Gasteiger partial charge on any atom is 0.329 e. The Labute approximate surface area is 179 Å². The summed E-state index contributed by atoms with van der Waals surface area (Å²) in [4.78, 5) is 26.3. The van der Waals surface area contributed by atoms with E-state index in [1.807, 2.05) is 41.4 Å². The van der Waals surface area contributed by atoms with Crippen LogP contribution in [0.15, 0.2) is 59.8 Å². The number of H-pyrrole nitrogens is 1. The predicted molar refractivity (Wildman–Crippen MR) is 123 cm³/mol. The van der Waals surface area contributed by atoms with Gasteiger partial charge in [0.2, 0.25) is 0 Å². The smallest absolute Gasteiger partial charge is 0.329 e. The maximum atomic E-state index is 13.9. The summed E-state index contributed by atoms with van der Waals surface area (Å²) in [6.07, 6.45) is 10.2. The van der Waals surface area contributed by atoms with E-state index < -0.39 is 0 Å². The lowest BCUT2D eigenvalue weighted by Gasteiger charge is -2.29. The number of fused-ring (bicyclic) bond motifs is 4. The molecule has 1 fully saturated rings. The molecule has 1 N–H and O–H groups in total. The molecule has 1 aliphatic rings. The van der Waals surface area contributed by atoms with Gasteiger partial charge in [0.15, 0.2) is 0 Å². The molecule has 5 aromatic rings. The zero-order valence-electron chi connectivity index (χ0n) is 17.6. The van der Waals surface area contributed by atoms with E-state index in [0.29, 0.717) is 12.5 Å². The minimum Gasteiger partial charge on any atom is -0.346 e. The van der Waals surface area contributed by atoms with Gasteiger partial charge >= 0.3 is 5.69 Å². The molecule has 1 aromatic carbocycles. The number of imidazole rings is 1. The topological polar surface area (TPSA) is 68.5 Å². The number of hydrogen-bond donors (Lipinski definition) is 1. The summed E-state index contributed by atoms with van der Waals surface area (Å²) >= 11 is 0. The second-order valence-electron chi connectivity index (χ2n) is 8.79. The van der Waals surface area contributed by atoms with E-state index in [-0.39, 0.29) is 11.7 Å². The quantitative estimate of drug-likeness (QED) is 0.453. The third-order valence-corrected chi connectivity index (χ3v) is 6.95. The molecule has 0 amide bonds. The first-order valence-electron chi connectivity index (χ1n) is 11.1. The first-order valence-corrected chi connectivity index (χ1v) is 11.1. The molecule has 0 aliphatic heterocycles. The Hall–Kier alpha value is -3.41. The third-order valence-electron chi connectivity index (χ3n) is 6.95. The van der Waals surface area contributed by atoms with Crippen molar-refractivity contribution >= 4 is 33.0 Å². The van der Waals surface area contributed by atoms with Crippen LogP contribution in [-0.2, 0) is 6.54 Å². The molecule has 4 heterocycles. The van der Waals surface area contributed by atoms with Gasteiger partial charge in [0.1, 0.15) is 5.65 Å². The molecule has 0 radical (unpaired) electrons. The number of rotatable bonds is 3. The Bertz CT molecular complexity index is 1470. The number of para-hydroxylation sites is 1. The molecule has 31 heavy (non-hydrogen) atoms. The lowest BCUT2D eigenvalue weighted by atomic mass is 9.85. The van der Waals surface area contributed by atoms with Crippen molar-refractivity contribution in [2.24, 2.45) is 5.92 Å². The van der Waals surface area contributed by atoms with Crippen molar-refractivity contribution in [2.75, 3.05) is 0 Å². The molecule has 1 aliphatic carbocycles. The van der Waals surface area contributed by atoms with Crippen molar-refractivity contribution < 1.29 is 0 Å². The van der Waals surface area contributed by atoms with E-state index >= 15 is 0 Å². The van der Waals surface area contributed by atoms with Gasteiger partial charge in [-0.2, -0.15) is 0 Å². The summed E-state index contributed by atoms with van der Waals surface area (Å²) in [5, 5.41) is 2.10. The molecular formula is C25H25N5O. The monoisotopic (exact) mass is 411 g/mol. The van der Waals surface area contributed by atoms with E-state index in [9.17, 15) is 4.79 Å². The highest BCUT2D eigenvalue weighted by Gasteiger charge is 2.29. The van der Waals surface area contributed by atoms with Gasteiger partial charge in [0.25, 0.3) is 0 Å². The standard InChI is InChI=1S/C25H25N5O/c1-16-6-2-3-10-20(16)30-23-19-11-13-27-24(19)28-14-21(23)29(25(30)31)15-18-8-4-7-17-9-5-12-26-22(17)18/h4-5,7-9,11-14,16,20H,2-3,6,10,15H2,1H3,(H,27,28)/t16-,20+/m1/s1. The van der Waals surface area contributed by atoms with Gasteiger partial charge < -0.3 is 4.98 Å². The fourth-order valence-corrected chi connectivity index (χ4v) is 5.37. The number of pyridine rings is 2. The summed E-state index contributed by atoms with van der Waals surface area (Å²) < 4.78 is 3.95. The van der Waals surface area contributed by atoms with Gasteiger partial charge in [-0.3, -0.25) is 14.1 Å². The van der Waals surface area contributed by atoms with Gasteiger partial charge in [0, 0.05) is 29.2 Å². The van der Waals surface area contributed by atoms with E-state index in [2.05, 4.69) is 44.6 Å². The molecule has 2 atom stereocenters. The molecule has 6 nitrogen and oxygen atoms in total. The zero-order chi connectivity index (χ0) is 20.9. The first kappa shape index (κ1) is 18.4. The average molecular weight is 412 g/mol. The Morgan fingerprint density at radius 1 is 1.10 bits per heavy atom. The lowest BCUT2D eigenvalue weighted by Crippen LogP contribution is -2.32. The van der Waals surface area contributed by atoms with Gasteiger partial charge in [-0.1, -0.05) is 44.0 Å². The number of nitrogens with one attached hydrogen (secondary N) is 1. The van der Waals surface area contributed by atoms with Crippen molar-refractivity contribution in [1.29, 1.82) is 0 Å². The highest BCUT2D eigenvalue weighted by atomic mass is 16.1. The Kier molecular flexibility index (Phi) is 4.19. The lowest BCUT2D eigenvalue weighted by molar-refractivity contribution is 0.256. The number of aromatic nitrogens is 5. The average Bonchev–Trinajstić information content (AvgIpc) is 3.37. The number of hydrogen-bond acceptors (Lipinski definition) is 3. The van der Waals surface area contributed by atoms with Crippen LogP contribution in [0.1, 0.15) is 44.2 Å². The van der Waals surface area contributed by atoms with Crippen LogP contribution < -0.4 is 5.69 Å². The molecule has 0 saturated heterocycles. The molecule has 1 saturated carbocycles. The van der Waals surface area contributed by atoms with Crippen molar-refractivity contribution in [3.8, 4) is 0 Å². The number of nitrogens with zero attached hydrogens (tertiary/aromatic N) is 4. The van der Waals surface area contributed by atoms with Crippen LogP contribution in [0, 0.1) is 5.92 Å². The molecule has 4 aromatic heterocycles. The Morgan fingerprint density at radius 3 is 2.87 bits per heavy atom. The second kappa shape index (κ2) is 7.08. The Morgan fingerprint density at radius 2 is 1.97 bits per heavy atom. The van der Waals surface area contributed by atoms with Gasteiger partial charge in [-0.15, -0.1) is 0 Å². The van der Waals surface area contributed by atoms with Crippen molar-refractivity contribution in [1.82, 2.24) is 24.1 Å². The van der Waals surface area contributed by atoms with Crippen LogP contribution in [0.3, 0.4) is 0 Å². The van der Waals surface area contributed by atoms with E-state index in [1.54, 1.807) is 0 Å². The Balaban J connectivity index is 1.61. The molecular weight excluding hydrogens is 386 g/mol. The summed E-state index contributed by atoms with van der Waals surface area (Å²) in [7, 11) is 0. The highest BCUT2D eigenvalue weighted by Crippen LogP contribution is 2.36. The fourth-order valence-electron chi connectivity index (χ4n) is 5.37. The minimum atomic E-state index is 0.0529. The normalized spacial score (nSPS) is 19.5. The SMILES string of the molecule is C[C@@H]1CCCC[C@@H]1n1c(=O)n(Cc2cccc3cccnc23)c2cnc3[nH]ccc3c21. The van der Waals surface area contributed by atoms with Crippen molar-refractivity contribution in [2.45, 2.75) is 45.2 Å². The predicted octanol–water partition coefficient (Wildman–Crippen LogP) is 5.03. The number of benzene rings is 1. The van der Waals surface area contributed by atoms with E-state index in [1.165, 1.54) is 19.3 Å². The summed E-state index contributed by atoms with van der Waals surface area (Å²) in [5.74, 6) is 0.479. The summed E-state index contributed by atoms with van der Waals surface area (Å²) in [6, 6.07) is 12.4. The second-order valence-corrected chi connectivity index (χ2v) is 8.79. The zero-order valence-corrected chi connectivity index (χ0v) is 17.6. The molecule has 6 rings (SSSR count). The van der Waals surface area contributed by atoms with Crippen LogP contribution in [0.5, 0.6) is 0 Å². The molecule has 0 spiro atoms. The molecule has 0 bridgehead atoms. The fraction of sp³-hybridized carbons (Fsp3) is 0.320. The highest BCUT2D eigenvalue weighted by molar-refractivity contribution is 6.01. The van der Waals surface area contributed by atoms with Gasteiger partial charge in [0.05, 0.1) is 29.3 Å². The van der Waals surface area contributed by atoms with Crippen molar-refractivity contribution in [3.05, 3.63) is 71.0 Å². The van der Waals surface area contributed by atoms with E-state index in [4.69, 9.17) is 0 Å². The summed E-state index contributed by atoms with van der Waals surface area (Å²) in [5.41, 5.74) is 4.77. The van der Waals surface area contributed by atoms with Gasteiger partial charge in [-0.25, -0.2) is 9.78 Å². The third kappa shape index (κ3) is 2.81. The number of aromatic amines is 1. The van der Waals surface area contributed by atoms with Crippen LogP contribution in [0.25, 0.3) is 33.0 Å². The van der Waals surface area contributed by atoms with Gasteiger partial charge in [-0.05, 0) is 36.5 Å². The van der Waals surface area contributed by atoms with Crippen LogP contribution in [-0.4, -0.2) is 24.1 Å². The van der Waals surface area contributed by atoms with E-state index in [0.717, 1.165) is 45.0 Å².